The van der Waals surface area contributed by atoms with E-state index in [1.165, 1.54) is 6.92 Å². The molecule has 2 fully saturated rings. The summed E-state index contributed by atoms with van der Waals surface area (Å²) in [6, 6.07) is 5.54. The van der Waals surface area contributed by atoms with Gasteiger partial charge in [-0.2, -0.15) is 0 Å². The Balaban J connectivity index is 0.0000247. The summed E-state index contributed by atoms with van der Waals surface area (Å²) in [6.45, 7) is 19.1. The normalized spacial score (nSPS) is 18.0. The van der Waals surface area contributed by atoms with Crippen molar-refractivity contribution in [3.05, 3.63) is 35.9 Å². The summed E-state index contributed by atoms with van der Waals surface area (Å²) in [5.74, 6) is -7.00. The van der Waals surface area contributed by atoms with Crippen LogP contribution in [0, 0.1) is 35.5 Å². The Bertz CT molecular complexity index is 2290. The van der Waals surface area contributed by atoms with Crippen molar-refractivity contribution in [2.45, 2.75) is 229 Å². The molecule has 1 aromatic carbocycles. The predicted octanol–water partition coefficient (Wildman–Crippen LogP) is 6.92. The van der Waals surface area contributed by atoms with Crippen LogP contribution in [0.4, 0.5) is 0 Å². The summed E-state index contributed by atoms with van der Waals surface area (Å²) in [5.41, 5.74) is 0.698. The second-order valence-corrected chi connectivity index (χ2v) is 23.9. The molecule has 4 amide bonds. The number of nitrogens with one attached hydrogen (secondary N) is 4. The molecule has 2 aliphatic rings. The lowest BCUT2D eigenvalue weighted by Gasteiger charge is -2.23. The standard InChI is InChI=1S/C62H96N4O18.CH4/c1-11-44(27-38(2)3)58(73)78-25-19-12-13-20-26-79-61(76)48(29-40(6)7)65-53(70)33-52(69)63-24-18-17-23-47(60(75)82-35-43-21-15-14-16-22-43)64-54(71)34-55(72)66-49(30-41(8)9)62(77)84-51-37-81-56-50(36-80-57(51)56)83-59(74)45(28-39(4)5)32-46(68)31-42(10)67;/h14-16,21-22,38-41,44-45,47-51,56-57H,11-13,17-20,23-37H2,1-10H3,(H,63,69)(H,64,71)(H,65,70)(H,66,72);1H4. The van der Waals surface area contributed by atoms with Gasteiger partial charge < -0.3 is 54.4 Å². The number of benzene rings is 1. The van der Waals surface area contributed by atoms with Crippen LogP contribution in [0.15, 0.2) is 30.3 Å². The predicted molar refractivity (Wildman–Crippen MR) is 314 cm³/mol. The van der Waals surface area contributed by atoms with Crippen molar-refractivity contribution in [3.63, 3.8) is 0 Å². The number of unbranched alkanes of at least 4 members (excludes halogenated alkanes) is 4. The molecular formula is C63H100N4O18. The van der Waals surface area contributed by atoms with Crippen molar-refractivity contribution in [1.82, 2.24) is 21.3 Å². The number of carbonyl (C=O) groups is 11. The van der Waals surface area contributed by atoms with E-state index in [4.69, 9.17) is 33.2 Å². The van der Waals surface area contributed by atoms with Gasteiger partial charge in [0.1, 0.15) is 61.3 Å². The van der Waals surface area contributed by atoms with Gasteiger partial charge in [-0.25, -0.2) is 14.4 Å². The van der Waals surface area contributed by atoms with E-state index in [9.17, 15) is 52.7 Å². The highest BCUT2D eigenvalue weighted by atomic mass is 16.7. The number of fused-ring (bicyclic) bond motifs is 1. The van der Waals surface area contributed by atoms with E-state index in [2.05, 4.69) is 35.1 Å². The quantitative estimate of drug-likeness (QED) is 0.0224. The lowest BCUT2D eigenvalue weighted by molar-refractivity contribution is -0.161. The molecule has 480 valence electrons. The van der Waals surface area contributed by atoms with Gasteiger partial charge in [-0.1, -0.05) is 100 Å². The minimum Gasteiger partial charge on any atom is -0.465 e. The maximum atomic E-state index is 13.7. The molecule has 2 aliphatic heterocycles. The fourth-order valence-corrected chi connectivity index (χ4v) is 9.93. The van der Waals surface area contributed by atoms with Crippen LogP contribution in [0.5, 0.6) is 0 Å². The third kappa shape index (κ3) is 30.1. The average Bonchev–Trinajstić information content (AvgIpc) is 2.61. The number of ketones is 2. The maximum Gasteiger partial charge on any atom is 0.329 e. The zero-order chi connectivity index (χ0) is 62.3. The Kier molecular flexibility index (Phi) is 35.3. The van der Waals surface area contributed by atoms with Gasteiger partial charge in [-0.05, 0) is 113 Å². The molecule has 3 rings (SSSR count). The molecule has 0 aromatic heterocycles. The highest BCUT2D eigenvalue weighted by Crippen LogP contribution is 2.32. The van der Waals surface area contributed by atoms with Crippen molar-refractivity contribution in [2.24, 2.45) is 35.5 Å². The first-order valence-corrected chi connectivity index (χ1v) is 30.2. The Morgan fingerprint density at radius 1 is 0.518 bits per heavy atom. The fourth-order valence-electron chi connectivity index (χ4n) is 9.93. The number of amides is 4. The van der Waals surface area contributed by atoms with E-state index in [1.807, 2.05) is 48.5 Å². The first-order valence-electron chi connectivity index (χ1n) is 30.2. The molecule has 0 spiro atoms. The van der Waals surface area contributed by atoms with Crippen molar-refractivity contribution < 1.29 is 85.9 Å². The van der Waals surface area contributed by atoms with Gasteiger partial charge in [0, 0.05) is 13.0 Å². The Morgan fingerprint density at radius 3 is 1.51 bits per heavy atom. The molecule has 9 unspecified atom stereocenters. The monoisotopic (exact) mass is 1200 g/mol. The summed E-state index contributed by atoms with van der Waals surface area (Å²) >= 11 is 0. The van der Waals surface area contributed by atoms with E-state index in [0.717, 1.165) is 25.7 Å². The van der Waals surface area contributed by atoms with Crippen LogP contribution in [-0.2, 0) is 92.5 Å². The lowest BCUT2D eigenvalue weighted by Crippen LogP contribution is -2.48. The number of rotatable bonds is 41. The zero-order valence-electron chi connectivity index (χ0n) is 51.3. The van der Waals surface area contributed by atoms with E-state index < -0.39 is 109 Å². The summed E-state index contributed by atoms with van der Waals surface area (Å²) in [5, 5.41) is 10.5. The van der Waals surface area contributed by atoms with E-state index in [0.29, 0.717) is 56.6 Å². The molecular weight excluding hydrogens is 1100 g/mol. The largest absolute Gasteiger partial charge is 0.465 e. The summed E-state index contributed by atoms with van der Waals surface area (Å²) in [7, 11) is 0. The second-order valence-electron chi connectivity index (χ2n) is 23.9. The summed E-state index contributed by atoms with van der Waals surface area (Å²) < 4.78 is 39.9. The van der Waals surface area contributed by atoms with Gasteiger partial charge in [0.05, 0.1) is 44.7 Å². The van der Waals surface area contributed by atoms with Crippen molar-refractivity contribution >= 4 is 65.0 Å². The third-order valence-corrected chi connectivity index (χ3v) is 14.0. The minimum atomic E-state index is -1.20. The molecule has 2 heterocycles. The topological polar surface area (TPSA) is 300 Å². The van der Waals surface area contributed by atoms with Gasteiger partial charge in [0.2, 0.25) is 23.6 Å². The lowest BCUT2D eigenvalue weighted by atomic mass is 9.91. The number of esters is 5. The Labute approximate surface area is 503 Å². The van der Waals surface area contributed by atoms with Gasteiger partial charge in [-0.15, -0.1) is 0 Å². The van der Waals surface area contributed by atoms with E-state index in [-0.39, 0.29) is 107 Å². The molecule has 85 heavy (non-hydrogen) atoms. The Hall–Kier alpha value is -6.29. The highest BCUT2D eigenvalue weighted by molar-refractivity contribution is 6.00. The van der Waals surface area contributed by atoms with Gasteiger partial charge in [0.15, 0.2) is 12.2 Å². The molecule has 22 heteroatoms. The van der Waals surface area contributed by atoms with Gasteiger partial charge >= 0.3 is 29.8 Å². The number of Topliss-reactive ketones (excluding diaryl/α,β-unsaturated/α-hetero) is 2. The van der Waals surface area contributed by atoms with Crippen LogP contribution in [-0.4, -0.2) is 141 Å². The number of ether oxygens (including phenoxy) is 7. The molecule has 0 saturated carbocycles. The van der Waals surface area contributed by atoms with Crippen molar-refractivity contribution in [1.29, 1.82) is 0 Å². The second kappa shape index (κ2) is 40.2. The summed E-state index contributed by atoms with van der Waals surface area (Å²) in [4.78, 5) is 142. The average molecular weight is 1200 g/mol. The van der Waals surface area contributed by atoms with Crippen LogP contribution in [0.25, 0.3) is 0 Å². The van der Waals surface area contributed by atoms with E-state index >= 15 is 0 Å². The highest BCUT2D eigenvalue weighted by Gasteiger charge is 2.52. The number of hydrogen-bond donors (Lipinski definition) is 4. The first-order chi connectivity index (χ1) is 39.8. The maximum absolute atomic E-state index is 13.7. The number of carbonyl (C=O) groups excluding carboxylic acids is 11. The molecule has 0 radical (unpaired) electrons. The molecule has 0 bridgehead atoms. The molecule has 4 N–H and O–H groups in total. The van der Waals surface area contributed by atoms with Crippen LogP contribution < -0.4 is 21.3 Å². The Morgan fingerprint density at radius 2 is 0.988 bits per heavy atom. The molecule has 2 saturated heterocycles. The van der Waals surface area contributed by atoms with Gasteiger partial charge in [-0.3, -0.25) is 38.4 Å². The van der Waals surface area contributed by atoms with Crippen LogP contribution in [0.2, 0.25) is 0 Å². The van der Waals surface area contributed by atoms with Crippen LogP contribution in [0.3, 0.4) is 0 Å². The number of hydrogen-bond acceptors (Lipinski definition) is 18. The molecule has 0 aliphatic carbocycles. The first kappa shape index (κ1) is 74.8. The SMILES string of the molecule is C.CCC(CC(C)C)C(=O)OCCCCCCOC(=O)C(CC(C)C)NC(=O)CC(=O)NCCCCC(NC(=O)CC(=O)NC(CC(C)C)C(=O)OC1COC2C(OC(=O)C(CC(=O)CC(C)=O)CC(C)C)COC12)C(=O)OCc1ccccc1. The molecule has 1 aromatic rings. The smallest absolute Gasteiger partial charge is 0.329 e. The van der Waals surface area contributed by atoms with Crippen molar-refractivity contribution in [3.8, 4) is 0 Å². The van der Waals surface area contributed by atoms with Crippen molar-refractivity contribution in [2.75, 3.05) is 33.0 Å². The third-order valence-electron chi connectivity index (χ3n) is 14.0. The fraction of sp³-hybridized carbons (Fsp3) is 0.730. The van der Waals surface area contributed by atoms with Crippen LogP contribution >= 0.6 is 0 Å². The van der Waals surface area contributed by atoms with Crippen LogP contribution in [0.1, 0.15) is 185 Å². The van der Waals surface area contributed by atoms with E-state index in [1.54, 1.807) is 30.3 Å². The zero-order valence-corrected chi connectivity index (χ0v) is 51.3. The minimum absolute atomic E-state index is 0. The summed E-state index contributed by atoms with van der Waals surface area (Å²) in [6.07, 6.45) is 0.756. The molecule has 9 atom stereocenters. The molecule has 22 nitrogen and oxygen atoms in total. The van der Waals surface area contributed by atoms with Gasteiger partial charge in [0.25, 0.3) is 0 Å².